The quantitative estimate of drug-likeness (QED) is 0.835. The second-order valence-electron chi connectivity index (χ2n) is 4.72. The van der Waals surface area contributed by atoms with Gasteiger partial charge in [-0.25, -0.2) is 4.98 Å². The molecule has 1 rings (SSSR count). The molecule has 1 heterocycles. The molecule has 0 bridgehead atoms. The van der Waals surface area contributed by atoms with Crippen LogP contribution in [-0.4, -0.2) is 28.9 Å². The molecule has 0 amide bonds. The van der Waals surface area contributed by atoms with E-state index in [2.05, 4.69) is 4.98 Å². The zero-order valence-corrected chi connectivity index (χ0v) is 11.3. The van der Waals surface area contributed by atoms with Gasteiger partial charge in [-0.15, -0.1) is 11.3 Å². The largest absolute Gasteiger partial charge is 0.393 e. The molecule has 16 heavy (non-hydrogen) atoms. The molecule has 4 heteroatoms. The molecule has 0 aliphatic carbocycles. The normalized spacial score (nSPS) is 14.1. The topological polar surface area (TPSA) is 42.4 Å². The predicted octanol–water partition coefficient (Wildman–Crippen LogP) is 2.56. The van der Waals surface area contributed by atoms with Crippen molar-refractivity contribution >= 4 is 11.3 Å². The Labute approximate surface area is 101 Å². The average molecular weight is 243 g/mol. The smallest absolute Gasteiger partial charge is 0.0897 e. The fourth-order valence-corrected chi connectivity index (χ4v) is 2.09. The number of rotatable bonds is 6. The van der Waals surface area contributed by atoms with Gasteiger partial charge in [-0.05, 0) is 33.6 Å². The molecule has 1 aromatic rings. The molecule has 92 valence electrons. The molecular weight excluding hydrogens is 222 g/mol. The summed E-state index contributed by atoms with van der Waals surface area (Å²) in [6.45, 7) is 6.05. The summed E-state index contributed by atoms with van der Waals surface area (Å²) >= 11 is 1.63. The monoisotopic (exact) mass is 243 g/mol. The summed E-state index contributed by atoms with van der Waals surface area (Å²) in [7, 11) is 1.70. The number of aliphatic hydroxyl groups is 1. The van der Waals surface area contributed by atoms with Crippen LogP contribution in [0.2, 0.25) is 0 Å². The molecule has 0 saturated carbocycles. The minimum atomic E-state index is -0.323. The Morgan fingerprint density at radius 2 is 2.25 bits per heavy atom. The molecular formula is C12H21NO2S. The van der Waals surface area contributed by atoms with Gasteiger partial charge in [-0.2, -0.15) is 0 Å². The molecule has 1 atom stereocenters. The Hall–Kier alpha value is -0.450. The summed E-state index contributed by atoms with van der Waals surface area (Å²) in [5, 5.41) is 12.9. The van der Waals surface area contributed by atoms with E-state index in [9.17, 15) is 5.11 Å². The van der Waals surface area contributed by atoms with E-state index < -0.39 is 0 Å². The first-order chi connectivity index (χ1) is 7.43. The lowest BCUT2D eigenvalue weighted by Crippen LogP contribution is -2.25. The lowest BCUT2D eigenvalue weighted by Gasteiger charge is -2.23. The third kappa shape index (κ3) is 4.60. The summed E-state index contributed by atoms with van der Waals surface area (Å²) in [6, 6.07) is 0. The Bertz CT molecular complexity index is 323. The molecule has 0 aliphatic rings. The molecule has 0 spiro atoms. The van der Waals surface area contributed by atoms with Gasteiger partial charge in [0.15, 0.2) is 0 Å². The van der Waals surface area contributed by atoms with Crippen molar-refractivity contribution in [3.05, 3.63) is 16.1 Å². The van der Waals surface area contributed by atoms with E-state index in [1.54, 1.807) is 18.4 Å². The highest BCUT2D eigenvalue weighted by Crippen LogP contribution is 2.18. The van der Waals surface area contributed by atoms with Crippen molar-refractivity contribution < 1.29 is 9.84 Å². The van der Waals surface area contributed by atoms with E-state index in [4.69, 9.17) is 4.74 Å². The second-order valence-corrected chi connectivity index (χ2v) is 5.78. The van der Waals surface area contributed by atoms with Crippen LogP contribution < -0.4 is 0 Å². The molecule has 1 aromatic heterocycles. The number of methoxy groups -OCH3 is 1. The van der Waals surface area contributed by atoms with Gasteiger partial charge < -0.3 is 9.84 Å². The van der Waals surface area contributed by atoms with E-state index in [1.165, 1.54) is 0 Å². The summed E-state index contributed by atoms with van der Waals surface area (Å²) < 4.78 is 5.32. The van der Waals surface area contributed by atoms with Crippen molar-refractivity contribution in [1.29, 1.82) is 0 Å². The molecule has 3 nitrogen and oxygen atoms in total. The van der Waals surface area contributed by atoms with Crippen LogP contribution in [0.25, 0.3) is 0 Å². The Morgan fingerprint density at radius 3 is 2.75 bits per heavy atom. The molecule has 0 fully saturated rings. The minimum Gasteiger partial charge on any atom is -0.393 e. The van der Waals surface area contributed by atoms with E-state index in [0.29, 0.717) is 6.42 Å². The third-order valence-corrected chi connectivity index (χ3v) is 3.57. The highest BCUT2D eigenvalue weighted by atomic mass is 32.1. The van der Waals surface area contributed by atoms with Gasteiger partial charge >= 0.3 is 0 Å². The number of aromatic nitrogens is 1. The summed E-state index contributed by atoms with van der Waals surface area (Å²) in [4.78, 5) is 4.34. The lowest BCUT2D eigenvalue weighted by atomic mass is 9.98. The summed E-state index contributed by atoms with van der Waals surface area (Å²) in [5.41, 5.74) is 0.837. The first-order valence-electron chi connectivity index (χ1n) is 5.57. The van der Waals surface area contributed by atoms with Crippen LogP contribution in [0.15, 0.2) is 5.38 Å². The molecule has 0 aromatic carbocycles. The molecule has 0 saturated heterocycles. The number of hydrogen-bond donors (Lipinski definition) is 1. The fraction of sp³-hybridized carbons (Fsp3) is 0.750. The van der Waals surface area contributed by atoms with E-state index in [1.807, 2.05) is 26.2 Å². The number of aryl methyl sites for hydroxylation is 1. The van der Waals surface area contributed by atoms with Crippen molar-refractivity contribution in [1.82, 2.24) is 4.98 Å². The molecule has 0 aliphatic heterocycles. The van der Waals surface area contributed by atoms with Gasteiger partial charge in [0.05, 0.1) is 22.4 Å². The Balaban J connectivity index is 2.34. The predicted molar refractivity (Wildman–Crippen MR) is 66.9 cm³/mol. The summed E-state index contributed by atoms with van der Waals surface area (Å²) in [5.74, 6) is 0. The van der Waals surface area contributed by atoms with Crippen LogP contribution in [0, 0.1) is 6.92 Å². The van der Waals surface area contributed by atoms with Crippen LogP contribution in [0.4, 0.5) is 0 Å². The fourth-order valence-electron chi connectivity index (χ4n) is 1.46. The van der Waals surface area contributed by atoms with E-state index in [0.717, 1.165) is 23.5 Å². The van der Waals surface area contributed by atoms with Gasteiger partial charge in [0.2, 0.25) is 0 Å². The maximum Gasteiger partial charge on any atom is 0.0897 e. The molecule has 0 radical (unpaired) electrons. The van der Waals surface area contributed by atoms with Gasteiger partial charge in [-0.3, -0.25) is 0 Å². The average Bonchev–Trinajstić information content (AvgIpc) is 2.61. The van der Waals surface area contributed by atoms with Crippen LogP contribution >= 0.6 is 11.3 Å². The minimum absolute atomic E-state index is 0.154. The zero-order chi connectivity index (χ0) is 12.2. The Kier molecular flexibility index (Phi) is 4.89. The summed E-state index contributed by atoms with van der Waals surface area (Å²) in [6.07, 6.45) is 1.92. The molecule has 1 unspecified atom stereocenters. The van der Waals surface area contributed by atoms with Crippen molar-refractivity contribution in [2.45, 2.75) is 51.7 Å². The van der Waals surface area contributed by atoms with Gasteiger partial charge in [0, 0.05) is 18.9 Å². The van der Waals surface area contributed by atoms with Gasteiger partial charge in [0.1, 0.15) is 0 Å². The van der Waals surface area contributed by atoms with Crippen molar-refractivity contribution in [2.75, 3.05) is 7.11 Å². The van der Waals surface area contributed by atoms with E-state index in [-0.39, 0.29) is 11.7 Å². The maximum absolute atomic E-state index is 9.88. The lowest BCUT2D eigenvalue weighted by molar-refractivity contribution is 0.00299. The van der Waals surface area contributed by atoms with Crippen molar-refractivity contribution in [3.63, 3.8) is 0 Å². The number of thiazole rings is 1. The number of hydrogen-bond acceptors (Lipinski definition) is 4. The zero-order valence-electron chi connectivity index (χ0n) is 10.5. The number of nitrogens with zero attached hydrogens (tertiary/aromatic N) is 1. The second kappa shape index (κ2) is 5.75. The van der Waals surface area contributed by atoms with E-state index >= 15 is 0 Å². The Morgan fingerprint density at radius 1 is 1.56 bits per heavy atom. The SMILES string of the molecule is COC(C)(C)CCC(O)Cc1csc(C)n1. The van der Waals surface area contributed by atoms with Gasteiger partial charge in [-0.1, -0.05) is 0 Å². The highest BCUT2D eigenvalue weighted by molar-refractivity contribution is 7.09. The van der Waals surface area contributed by atoms with Crippen molar-refractivity contribution in [2.24, 2.45) is 0 Å². The first-order valence-corrected chi connectivity index (χ1v) is 6.45. The van der Waals surface area contributed by atoms with Crippen LogP contribution in [0.1, 0.15) is 37.4 Å². The number of ether oxygens (including phenoxy) is 1. The third-order valence-electron chi connectivity index (χ3n) is 2.74. The van der Waals surface area contributed by atoms with Gasteiger partial charge in [0.25, 0.3) is 0 Å². The number of aliphatic hydroxyl groups excluding tert-OH is 1. The maximum atomic E-state index is 9.88. The first kappa shape index (κ1) is 13.6. The van der Waals surface area contributed by atoms with Crippen molar-refractivity contribution in [3.8, 4) is 0 Å². The van der Waals surface area contributed by atoms with Crippen LogP contribution in [0.3, 0.4) is 0 Å². The highest BCUT2D eigenvalue weighted by Gasteiger charge is 2.18. The van der Waals surface area contributed by atoms with Crippen LogP contribution in [-0.2, 0) is 11.2 Å². The molecule has 1 N–H and O–H groups in total. The van der Waals surface area contributed by atoms with Crippen LogP contribution in [0.5, 0.6) is 0 Å². The standard InChI is InChI=1S/C12H21NO2S/c1-9-13-10(8-16-9)7-11(14)5-6-12(2,3)15-4/h8,11,14H,5-7H2,1-4H3.